The van der Waals surface area contributed by atoms with Crippen LogP contribution in [-0.4, -0.2) is 24.4 Å². The van der Waals surface area contributed by atoms with Crippen LogP contribution in [0.4, 0.5) is 0 Å². The van der Waals surface area contributed by atoms with Gasteiger partial charge >= 0.3 is 11.8 Å². The van der Waals surface area contributed by atoms with E-state index in [1.165, 1.54) is 6.42 Å². The van der Waals surface area contributed by atoms with Crippen LogP contribution in [0.3, 0.4) is 0 Å². The fourth-order valence-electron chi connectivity index (χ4n) is 2.55. The van der Waals surface area contributed by atoms with Crippen LogP contribution in [0.15, 0.2) is 24.3 Å². The van der Waals surface area contributed by atoms with Gasteiger partial charge in [0.1, 0.15) is 0 Å². The second-order valence-electron chi connectivity index (χ2n) is 5.44. The first-order valence-corrected chi connectivity index (χ1v) is 7.86. The van der Waals surface area contributed by atoms with Crippen LogP contribution < -0.4 is 10.6 Å². The maximum absolute atomic E-state index is 11.8. The predicted molar refractivity (Wildman–Crippen MR) is 83.2 cm³/mol. The Morgan fingerprint density at radius 1 is 1.05 bits per heavy atom. The van der Waals surface area contributed by atoms with Crippen molar-refractivity contribution < 1.29 is 9.59 Å². The van der Waals surface area contributed by atoms with E-state index in [2.05, 4.69) is 10.6 Å². The zero-order chi connectivity index (χ0) is 15.1. The first-order chi connectivity index (χ1) is 10.1. The third-order valence-corrected chi connectivity index (χ3v) is 4.01. The standard InChI is InChI=1S/C16H21ClN2O2/c17-13-8-6-12(7-9-13)10-11-18-15(20)16(21)19-14-4-2-1-3-5-14/h6-9,14H,1-5,10-11H2,(H,18,20)(H,19,21). The van der Waals surface area contributed by atoms with Crippen molar-refractivity contribution in [1.29, 1.82) is 0 Å². The number of rotatable bonds is 4. The van der Waals surface area contributed by atoms with Crippen molar-refractivity contribution in [3.05, 3.63) is 34.9 Å². The van der Waals surface area contributed by atoms with Crippen molar-refractivity contribution in [2.75, 3.05) is 6.54 Å². The van der Waals surface area contributed by atoms with E-state index in [-0.39, 0.29) is 6.04 Å². The van der Waals surface area contributed by atoms with Gasteiger partial charge in [-0.25, -0.2) is 0 Å². The minimum absolute atomic E-state index is 0.160. The van der Waals surface area contributed by atoms with Gasteiger partial charge in [-0.15, -0.1) is 0 Å². The molecule has 0 saturated heterocycles. The second-order valence-corrected chi connectivity index (χ2v) is 5.88. The highest BCUT2D eigenvalue weighted by molar-refractivity contribution is 6.35. The molecule has 1 aromatic rings. The molecule has 2 rings (SSSR count). The third kappa shape index (κ3) is 5.38. The molecule has 0 spiro atoms. The van der Waals surface area contributed by atoms with Crippen LogP contribution in [0.1, 0.15) is 37.7 Å². The summed E-state index contributed by atoms with van der Waals surface area (Å²) in [7, 11) is 0. The van der Waals surface area contributed by atoms with E-state index in [0.29, 0.717) is 18.0 Å². The van der Waals surface area contributed by atoms with Gasteiger partial charge in [0.05, 0.1) is 0 Å². The van der Waals surface area contributed by atoms with E-state index >= 15 is 0 Å². The summed E-state index contributed by atoms with van der Waals surface area (Å²) < 4.78 is 0. The Morgan fingerprint density at radius 3 is 2.38 bits per heavy atom. The Labute approximate surface area is 130 Å². The van der Waals surface area contributed by atoms with Crippen molar-refractivity contribution in [1.82, 2.24) is 10.6 Å². The molecule has 5 heteroatoms. The summed E-state index contributed by atoms with van der Waals surface area (Å²) in [4.78, 5) is 23.5. The molecule has 4 nitrogen and oxygen atoms in total. The van der Waals surface area contributed by atoms with Gasteiger partial charge in [-0.05, 0) is 37.0 Å². The molecular formula is C16H21ClN2O2. The predicted octanol–water partition coefficient (Wildman–Crippen LogP) is 2.45. The summed E-state index contributed by atoms with van der Waals surface area (Å²) in [6.07, 6.45) is 6.11. The summed E-state index contributed by atoms with van der Waals surface area (Å²) in [5.74, 6) is -1.06. The monoisotopic (exact) mass is 308 g/mol. The maximum Gasteiger partial charge on any atom is 0.309 e. The highest BCUT2D eigenvalue weighted by Crippen LogP contribution is 2.17. The molecule has 0 aliphatic heterocycles. The van der Waals surface area contributed by atoms with Gasteiger partial charge in [0, 0.05) is 17.6 Å². The molecule has 1 saturated carbocycles. The number of nitrogens with one attached hydrogen (secondary N) is 2. The van der Waals surface area contributed by atoms with E-state index in [1.807, 2.05) is 24.3 Å². The van der Waals surface area contributed by atoms with Gasteiger partial charge in [-0.3, -0.25) is 9.59 Å². The molecule has 0 radical (unpaired) electrons. The lowest BCUT2D eigenvalue weighted by Gasteiger charge is -2.22. The molecule has 0 heterocycles. The van der Waals surface area contributed by atoms with Crippen molar-refractivity contribution in [2.45, 2.75) is 44.6 Å². The molecule has 0 unspecified atom stereocenters. The van der Waals surface area contributed by atoms with Gasteiger partial charge in [0.2, 0.25) is 0 Å². The zero-order valence-corrected chi connectivity index (χ0v) is 12.8. The van der Waals surface area contributed by atoms with E-state index in [0.717, 1.165) is 31.2 Å². The van der Waals surface area contributed by atoms with Crippen molar-refractivity contribution >= 4 is 23.4 Å². The van der Waals surface area contributed by atoms with Gasteiger partial charge < -0.3 is 10.6 Å². The Kier molecular flexibility index (Phi) is 6.05. The molecule has 1 aliphatic rings. The summed E-state index contributed by atoms with van der Waals surface area (Å²) in [5, 5.41) is 6.15. The van der Waals surface area contributed by atoms with Crippen LogP contribution in [0, 0.1) is 0 Å². The van der Waals surface area contributed by atoms with Crippen LogP contribution in [-0.2, 0) is 16.0 Å². The summed E-state index contributed by atoms with van der Waals surface area (Å²) >= 11 is 5.81. The topological polar surface area (TPSA) is 58.2 Å². The number of carbonyl (C=O) groups excluding carboxylic acids is 2. The molecule has 2 N–H and O–H groups in total. The number of benzene rings is 1. The van der Waals surface area contributed by atoms with Gasteiger partial charge in [-0.1, -0.05) is 43.0 Å². The molecule has 114 valence electrons. The number of carbonyl (C=O) groups is 2. The summed E-state index contributed by atoms with van der Waals surface area (Å²) in [6, 6.07) is 7.61. The van der Waals surface area contributed by atoms with Crippen molar-refractivity contribution in [3.8, 4) is 0 Å². The lowest BCUT2D eigenvalue weighted by atomic mass is 9.95. The zero-order valence-electron chi connectivity index (χ0n) is 12.0. The van der Waals surface area contributed by atoms with Crippen LogP contribution in [0.5, 0.6) is 0 Å². The third-order valence-electron chi connectivity index (χ3n) is 3.76. The fraction of sp³-hybridized carbons (Fsp3) is 0.500. The maximum atomic E-state index is 11.8. The van der Waals surface area contributed by atoms with E-state index < -0.39 is 11.8 Å². The average molecular weight is 309 g/mol. The highest BCUT2D eigenvalue weighted by atomic mass is 35.5. The smallest absolute Gasteiger partial charge is 0.309 e. The number of hydrogen-bond acceptors (Lipinski definition) is 2. The molecule has 21 heavy (non-hydrogen) atoms. The Balaban J connectivity index is 1.68. The van der Waals surface area contributed by atoms with E-state index in [1.54, 1.807) is 0 Å². The fourth-order valence-corrected chi connectivity index (χ4v) is 2.68. The average Bonchev–Trinajstić information content (AvgIpc) is 2.50. The van der Waals surface area contributed by atoms with Gasteiger partial charge in [-0.2, -0.15) is 0 Å². The SMILES string of the molecule is O=C(NCCc1ccc(Cl)cc1)C(=O)NC1CCCCC1. The Morgan fingerprint density at radius 2 is 1.71 bits per heavy atom. The molecule has 0 bridgehead atoms. The molecular weight excluding hydrogens is 288 g/mol. The van der Waals surface area contributed by atoms with Gasteiger partial charge in [0.25, 0.3) is 0 Å². The second kappa shape index (κ2) is 8.03. The first-order valence-electron chi connectivity index (χ1n) is 7.48. The highest BCUT2D eigenvalue weighted by Gasteiger charge is 2.19. The Hall–Kier alpha value is -1.55. The lowest BCUT2D eigenvalue weighted by Crippen LogP contribution is -2.45. The molecule has 1 aromatic carbocycles. The number of amides is 2. The summed E-state index contributed by atoms with van der Waals surface area (Å²) in [5.41, 5.74) is 1.08. The van der Waals surface area contributed by atoms with Crippen molar-refractivity contribution in [3.63, 3.8) is 0 Å². The molecule has 1 aliphatic carbocycles. The largest absolute Gasteiger partial charge is 0.348 e. The van der Waals surface area contributed by atoms with Gasteiger partial charge in [0.15, 0.2) is 0 Å². The Bertz CT molecular complexity index is 482. The minimum Gasteiger partial charge on any atom is -0.348 e. The van der Waals surface area contributed by atoms with E-state index in [4.69, 9.17) is 11.6 Å². The normalized spacial score (nSPS) is 15.5. The van der Waals surface area contributed by atoms with Crippen LogP contribution >= 0.6 is 11.6 Å². The summed E-state index contributed by atoms with van der Waals surface area (Å²) in [6.45, 7) is 0.443. The van der Waals surface area contributed by atoms with Crippen molar-refractivity contribution in [2.24, 2.45) is 0 Å². The molecule has 0 atom stereocenters. The lowest BCUT2D eigenvalue weighted by molar-refractivity contribution is -0.139. The molecule has 2 amide bonds. The van der Waals surface area contributed by atoms with Crippen LogP contribution in [0.25, 0.3) is 0 Å². The molecule has 1 fully saturated rings. The number of halogens is 1. The first kappa shape index (κ1) is 15.8. The van der Waals surface area contributed by atoms with Crippen LogP contribution in [0.2, 0.25) is 5.02 Å². The molecule has 0 aromatic heterocycles. The quantitative estimate of drug-likeness (QED) is 0.839. The van der Waals surface area contributed by atoms with E-state index in [9.17, 15) is 9.59 Å². The number of hydrogen-bond donors (Lipinski definition) is 2. The minimum atomic E-state index is -0.547.